The maximum Gasteiger partial charge on any atom is 0.313 e. The zero-order valence-electron chi connectivity index (χ0n) is 15.2. The summed E-state index contributed by atoms with van der Waals surface area (Å²) < 4.78 is 5.59. The van der Waals surface area contributed by atoms with Gasteiger partial charge in [0.25, 0.3) is 0 Å². The molecule has 1 unspecified atom stereocenters. The largest absolute Gasteiger partial charge is 0.462 e. The van der Waals surface area contributed by atoms with Gasteiger partial charge in [0.15, 0.2) is 0 Å². The van der Waals surface area contributed by atoms with E-state index in [2.05, 4.69) is 17.3 Å². The SMILES string of the molecule is C1CCNCC1.CC(C(=O)OC1CCN(C)CC1)c1ccccc1. The van der Waals surface area contributed by atoms with Crippen LogP contribution in [0.3, 0.4) is 0 Å². The number of esters is 1. The first-order chi connectivity index (χ1) is 11.7. The Bertz CT molecular complexity index is 454. The van der Waals surface area contributed by atoms with E-state index in [-0.39, 0.29) is 18.0 Å². The molecule has 4 nitrogen and oxygen atoms in total. The molecule has 1 aromatic rings. The first-order valence-corrected chi connectivity index (χ1v) is 9.31. The van der Waals surface area contributed by atoms with E-state index in [1.807, 2.05) is 37.3 Å². The van der Waals surface area contributed by atoms with Crippen LogP contribution >= 0.6 is 0 Å². The fraction of sp³-hybridized carbons (Fsp3) is 0.650. The molecule has 1 N–H and O–H groups in total. The zero-order chi connectivity index (χ0) is 17.2. The van der Waals surface area contributed by atoms with Crippen molar-refractivity contribution in [3.8, 4) is 0 Å². The second-order valence-corrected chi connectivity index (χ2v) is 6.88. The minimum Gasteiger partial charge on any atom is -0.462 e. The highest BCUT2D eigenvalue weighted by Crippen LogP contribution is 2.20. The number of hydrogen-bond acceptors (Lipinski definition) is 4. The van der Waals surface area contributed by atoms with E-state index in [0.29, 0.717) is 0 Å². The van der Waals surface area contributed by atoms with Crippen molar-refractivity contribution >= 4 is 5.97 Å². The normalized spacial score (nSPS) is 20.6. The average Bonchev–Trinajstić information content (AvgIpc) is 2.65. The molecule has 2 aliphatic heterocycles. The highest BCUT2D eigenvalue weighted by atomic mass is 16.5. The van der Waals surface area contributed by atoms with E-state index >= 15 is 0 Å². The van der Waals surface area contributed by atoms with Gasteiger partial charge < -0.3 is 15.0 Å². The lowest BCUT2D eigenvalue weighted by atomic mass is 10.0. The number of nitrogens with one attached hydrogen (secondary N) is 1. The number of ether oxygens (including phenoxy) is 1. The van der Waals surface area contributed by atoms with Gasteiger partial charge in [-0.15, -0.1) is 0 Å². The summed E-state index contributed by atoms with van der Waals surface area (Å²) in [5.41, 5.74) is 1.02. The Morgan fingerprint density at radius 1 is 1.12 bits per heavy atom. The van der Waals surface area contributed by atoms with Crippen LogP contribution in [-0.4, -0.2) is 50.2 Å². The molecule has 2 saturated heterocycles. The summed E-state index contributed by atoms with van der Waals surface area (Å²) in [6, 6.07) is 9.81. The lowest BCUT2D eigenvalue weighted by Crippen LogP contribution is -2.35. The van der Waals surface area contributed by atoms with Crippen molar-refractivity contribution in [1.82, 2.24) is 10.2 Å². The van der Waals surface area contributed by atoms with Gasteiger partial charge in [0, 0.05) is 13.1 Å². The van der Waals surface area contributed by atoms with E-state index in [1.54, 1.807) is 0 Å². The summed E-state index contributed by atoms with van der Waals surface area (Å²) in [4.78, 5) is 14.3. The van der Waals surface area contributed by atoms with Gasteiger partial charge >= 0.3 is 5.97 Å². The predicted molar refractivity (Wildman–Crippen MR) is 98.2 cm³/mol. The van der Waals surface area contributed by atoms with E-state index in [1.165, 1.54) is 32.4 Å². The third-order valence-corrected chi connectivity index (χ3v) is 4.81. The molecule has 1 aromatic carbocycles. The van der Waals surface area contributed by atoms with Crippen LogP contribution in [0.4, 0.5) is 0 Å². The van der Waals surface area contributed by atoms with Crippen LogP contribution in [-0.2, 0) is 9.53 Å². The van der Waals surface area contributed by atoms with Crippen LogP contribution in [0.25, 0.3) is 0 Å². The van der Waals surface area contributed by atoms with Crippen LogP contribution in [0, 0.1) is 0 Å². The molecule has 134 valence electrons. The summed E-state index contributed by atoms with van der Waals surface area (Å²) in [5, 5.41) is 3.28. The quantitative estimate of drug-likeness (QED) is 0.863. The maximum absolute atomic E-state index is 12.1. The molecule has 0 spiro atoms. The Labute approximate surface area is 146 Å². The Morgan fingerprint density at radius 2 is 1.75 bits per heavy atom. The number of carbonyl (C=O) groups excluding carboxylic acids is 1. The molecule has 0 bridgehead atoms. The molecule has 2 fully saturated rings. The van der Waals surface area contributed by atoms with E-state index in [0.717, 1.165) is 31.5 Å². The highest BCUT2D eigenvalue weighted by molar-refractivity contribution is 5.77. The second kappa shape index (κ2) is 10.5. The second-order valence-electron chi connectivity index (χ2n) is 6.88. The molecule has 2 aliphatic rings. The standard InChI is InChI=1S/C15H21NO2.C5H11N/c1-12(13-6-4-3-5-7-13)15(17)18-14-8-10-16(2)11-9-14;1-2-4-6-5-3-1/h3-7,12,14H,8-11H2,1-2H3;6H,1-5H2. The van der Waals surface area contributed by atoms with Crippen LogP contribution in [0.15, 0.2) is 30.3 Å². The summed E-state index contributed by atoms with van der Waals surface area (Å²) in [6.45, 7) is 6.43. The van der Waals surface area contributed by atoms with Gasteiger partial charge in [-0.3, -0.25) is 4.79 Å². The Kier molecular flexibility index (Phi) is 8.26. The van der Waals surface area contributed by atoms with Crippen molar-refractivity contribution in [3.63, 3.8) is 0 Å². The predicted octanol–water partition coefficient (Wildman–Crippen LogP) is 3.19. The third-order valence-electron chi connectivity index (χ3n) is 4.81. The molecule has 0 aliphatic carbocycles. The average molecular weight is 332 g/mol. The molecule has 0 aromatic heterocycles. The van der Waals surface area contributed by atoms with Crippen molar-refractivity contribution in [2.45, 2.75) is 51.0 Å². The van der Waals surface area contributed by atoms with Crippen molar-refractivity contribution in [2.24, 2.45) is 0 Å². The molecule has 0 amide bonds. The van der Waals surface area contributed by atoms with Gasteiger partial charge in [-0.05, 0) is 58.3 Å². The Morgan fingerprint density at radius 3 is 2.25 bits per heavy atom. The van der Waals surface area contributed by atoms with E-state index in [9.17, 15) is 4.79 Å². The van der Waals surface area contributed by atoms with Gasteiger partial charge in [0.1, 0.15) is 6.10 Å². The van der Waals surface area contributed by atoms with Crippen LogP contribution < -0.4 is 5.32 Å². The van der Waals surface area contributed by atoms with E-state index in [4.69, 9.17) is 4.74 Å². The fourth-order valence-corrected chi connectivity index (χ4v) is 3.05. The minimum absolute atomic E-state index is 0.0971. The van der Waals surface area contributed by atoms with Crippen molar-refractivity contribution in [2.75, 3.05) is 33.2 Å². The van der Waals surface area contributed by atoms with Gasteiger partial charge in [0.05, 0.1) is 5.92 Å². The van der Waals surface area contributed by atoms with Crippen molar-refractivity contribution in [3.05, 3.63) is 35.9 Å². The molecular weight excluding hydrogens is 300 g/mol. The monoisotopic (exact) mass is 332 g/mol. The fourth-order valence-electron chi connectivity index (χ4n) is 3.05. The van der Waals surface area contributed by atoms with Gasteiger partial charge in [-0.1, -0.05) is 36.8 Å². The van der Waals surface area contributed by atoms with Gasteiger partial charge in [-0.25, -0.2) is 0 Å². The van der Waals surface area contributed by atoms with Crippen LogP contribution in [0.2, 0.25) is 0 Å². The summed E-state index contributed by atoms with van der Waals surface area (Å²) in [5.74, 6) is -0.276. The molecule has 3 rings (SSSR count). The Hall–Kier alpha value is -1.39. The van der Waals surface area contributed by atoms with Crippen molar-refractivity contribution < 1.29 is 9.53 Å². The molecule has 0 saturated carbocycles. The number of nitrogens with zero attached hydrogens (tertiary/aromatic N) is 1. The number of rotatable bonds is 3. The molecule has 4 heteroatoms. The maximum atomic E-state index is 12.1. The minimum atomic E-state index is -0.175. The molecule has 1 atom stereocenters. The molecular formula is C20H32N2O2. The first kappa shape index (κ1) is 18.9. The lowest BCUT2D eigenvalue weighted by Gasteiger charge is -2.29. The smallest absolute Gasteiger partial charge is 0.313 e. The highest BCUT2D eigenvalue weighted by Gasteiger charge is 2.23. The van der Waals surface area contributed by atoms with Gasteiger partial charge in [0.2, 0.25) is 0 Å². The van der Waals surface area contributed by atoms with Crippen LogP contribution in [0.5, 0.6) is 0 Å². The number of likely N-dealkylation sites (tertiary alicyclic amines) is 1. The van der Waals surface area contributed by atoms with Gasteiger partial charge in [-0.2, -0.15) is 0 Å². The number of hydrogen-bond donors (Lipinski definition) is 1. The number of benzene rings is 1. The summed E-state index contributed by atoms with van der Waals surface area (Å²) in [6.07, 6.45) is 6.21. The van der Waals surface area contributed by atoms with E-state index < -0.39 is 0 Å². The summed E-state index contributed by atoms with van der Waals surface area (Å²) in [7, 11) is 2.10. The number of carbonyl (C=O) groups is 1. The third kappa shape index (κ3) is 6.62. The Balaban J connectivity index is 0.000000292. The lowest BCUT2D eigenvalue weighted by molar-refractivity contribution is -0.152. The zero-order valence-corrected chi connectivity index (χ0v) is 15.2. The van der Waals surface area contributed by atoms with Crippen LogP contribution in [0.1, 0.15) is 50.5 Å². The first-order valence-electron chi connectivity index (χ1n) is 9.31. The topological polar surface area (TPSA) is 41.6 Å². The molecule has 0 radical (unpaired) electrons. The summed E-state index contributed by atoms with van der Waals surface area (Å²) >= 11 is 0. The van der Waals surface area contributed by atoms with Crippen molar-refractivity contribution in [1.29, 1.82) is 0 Å². The number of piperidine rings is 2. The molecule has 24 heavy (non-hydrogen) atoms. The molecule has 2 heterocycles.